The van der Waals surface area contributed by atoms with Crippen LogP contribution in [0.5, 0.6) is 5.75 Å². The Balaban J connectivity index is 0.000000945. The molecule has 9 heteroatoms. The molecular formula is C25H34N2O6S. The van der Waals surface area contributed by atoms with Gasteiger partial charge < -0.3 is 14.9 Å². The smallest absolute Gasteiger partial charge is 0.414 e. The van der Waals surface area contributed by atoms with E-state index in [0.717, 1.165) is 41.6 Å². The summed E-state index contributed by atoms with van der Waals surface area (Å²) in [6.07, 6.45) is 1.96. The van der Waals surface area contributed by atoms with Crippen LogP contribution in [0.4, 0.5) is 10.5 Å². The molecule has 8 nitrogen and oxygen atoms in total. The van der Waals surface area contributed by atoms with Gasteiger partial charge in [-0.2, -0.15) is 13.2 Å². The van der Waals surface area contributed by atoms with Crippen LogP contribution < -0.4 is 4.90 Å². The Morgan fingerprint density at radius 2 is 1.82 bits per heavy atom. The van der Waals surface area contributed by atoms with Crippen molar-refractivity contribution in [3.05, 3.63) is 59.2 Å². The molecule has 1 heterocycles. The molecule has 186 valence electrons. The number of amides is 1. The first-order valence-corrected chi connectivity index (χ1v) is 12.4. The maximum absolute atomic E-state index is 12.6. The van der Waals surface area contributed by atoms with Gasteiger partial charge in [-0.1, -0.05) is 45.0 Å². The zero-order chi connectivity index (χ0) is 25.5. The number of fused-ring (bicyclic) bond motifs is 1. The highest BCUT2D eigenvalue weighted by Gasteiger charge is 2.32. The summed E-state index contributed by atoms with van der Waals surface area (Å²) < 4.78 is 28.5. The van der Waals surface area contributed by atoms with Crippen LogP contribution >= 0.6 is 0 Å². The third kappa shape index (κ3) is 7.56. The fraction of sp³-hybridized carbons (Fsp3) is 0.480. The molecule has 3 N–H and O–H groups in total. The summed E-state index contributed by atoms with van der Waals surface area (Å²) in [5.41, 5.74) is 3.54. The molecule has 1 amide bonds. The Bertz CT molecular complexity index is 1090. The van der Waals surface area contributed by atoms with E-state index in [9.17, 15) is 15.0 Å². The van der Waals surface area contributed by atoms with Gasteiger partial charge in [0.05, 0.1) is 11.8 Å². The van der Waals surface area contributed by atoms with E-state index in [4.69, 9.17) is 17.9 Å². The molecule has 0 bridgehead atoms. The number of aromatic hydroxyl groups is 1. The van der Waals surface area contributed by atoms with Crippen LogP contribution in [0.15, 0.2) is 42.5 Å². The van der Waals surface area contributed by atoms with Gasteiger partial charge in [0.1, 0.15) is 11.9 Å². The van der Waals surface area contributed by atoms with E-state index in [-0.39, 0.29) is 23.4 Å². The standard InChI is InChI=1S/C25H33NO4.HNO2S/c1-5-23-19-8-6-7-9-20(19)26(24(29)30-23)15-14-25(3,4)13-12-22(28)18-10-11-21(27)17(2)16-18;1-4(2)3/h6-11,16,22-23,27-28H,5,12-15H2,1-4H3;1H. The number of phenolic OH excluding ortho intramolecular Hbond substituents is 1. The molecule has 2 aromatic carbocycles. The number of nitrogens with one attached hydrogen (secondary N) is 1. The van der Waals surface area contributed by atoms with Crippen LogP contribution in [-0.2, 0) is 15.2 Å². The Labute approximate surface area is 202 Å². The van der Waals surface area contributed by atoms with Crippen molar-refractivity contribution in [1.82, 2.24) is 0 Å². The lowest BCUT2D eigenvalue weighted by molar-refractivity contribution is 0.0939. The SMILES string of the molecule is CCC1OC(=O)N(CCC(C)(C)CCC(O)c2ccc(O)c(C)c2)c2ccccc21.N=S(=O)=O. The number of cyclic esters (lactones) is 1. The van der Waals surface area contributed by atoms with E-state index < -0.39 is 16.6 Å². The summed E-state index contributed by atoms with van der Waals surface area (Å²) >= 11 is 0. The number of hydrogen-bond donors (Lipinski definition) is 3. The molecule has 0 radical (unpaired) electrons. The van der Waals surface area contributed by atoms with Gasteiger partial charge in [-0.05, 0) is 67.3 Å². The first-order chi connectivity index (χ1) is 15.9. The van der Waals surface area contributed by atoms with Crippen molar-refractivity contribution >= 4 is 22.3 Å². The number of ether oxygens (including phenoxy) is 1. The minimum atomic E-state index is -2.61. The Morgan fingerprint density at radius 1 is 1.18 bits per heavy atom. The molecule has 34 heavy (non-hydrogen) atoms. The molecule has 2 unspecified atom stereocenters. The molecular weight excluding hydrogens is 456 g/mol. The largest absolute Gasteiger partial charge is 0.508 e. The topological polar surface area (TPSA) is 128 Å². The van der Waals surface area contributed by atoms with E-state index in [1.165, 1.54) is 0 Å². The molecule has 0 aromatic heterocycles. The molecule has 0 saturated carbocycles. The Hall–Kier alpha value is -2.91. The maximum atomic E-state index is 12.6. The van der Waals surface area contributed by atoms with E-state index in [1.807, 2.05) is 44.2 Å². The summed E-state index contributed by atoms with van der Waals surface area (Å²) in [6, 6.07) is 13.2. The fourth-order valence-electron chi connectivity index (χ4n) is 3.99. The molecule has 0 spiro atoms. The summed E-state index contributed by atoms with van der Waals surface area (Å²) in [5, 5.41) is 20.3. The van der Waals surface area contributed by atoms with Gasteiger partial charge in [-0.25, -0.2) is 4.79 Å². The first kappa shape index (κ1) is 27.3. The molecule has 1 aliphatic heterocycles. The van der Waals surface area contributed by atoms with E-state index in [2.05, 4.69) is 13.8 Å². The summed E-state index contributed by atoms with van der Waals surface area (Å²) in [5.74, 6) is 0.241. The second kappa shape index (κ2) is 12.0. The number of phenols is 1. The molecule has 2 aromatic rings. The van der Waals surface area contributed by atoms with Crippen molar-refractivity contribution in [2.75, 3.05) is 11.4 Å². The minimum Gasteiger partial charge on any atom is -0.508 e. The summed E-state index contributed by atoms with van der Waals surface area (Å²) in [6.45, 7) is 8.76. The van der Waals surface area contributed by atoms with Gasteiger partial charge in [0.2, 0.25) is 0 Å². The van der Waals surface area contributed by atoms with Gasteiger partial charge in [0.15, 0.2) is 0 Å². The lowest BCUT2D eigenvalue weighted by atomic mass is 9.82. The minimum absolute atomic E-state index is 0.0518. The van der Waals surface area contributed by atoms with E-state index in [1.54, 1.807) is 17.0 Å². The highest BCUT2D eigenvalue weighted by Crippen LogP contribution is 2.38. The Kier molecular flexibility index (Phi) is 9.64. The third-order valence-corrected chi connectivity index (χ3v) is 6.12. The monoisotopic (exact) mass is 490 g/mol. The summed E-state index contributed by atoms with van der Waals surface area (Å²) in [7, 11) is -2.61. The van der Waals surface area contributed by atoms with Crippen LogP contribution in [-0.4, -0.2) is 31.3 Å². The lowest BCUT2D eigenvalue weighted by Crippen LogP contribution is -2.39. The van der Waals surface area contributed by atoms with Crippen LogP contribution in [0.2, 0.25) is 0 Å². The summed E-state index contributed by atoms with van der Waals surface area (Å²) in [4.78, 5) is 14.3. The number of aryl methyl sites for hydroxylation is 1. The van der Waals surface area contributed by atoms with Crippen molar-refractivity contribution in [2.24, 2.45) is 5.41 Å². The molecule has 1 aliphatic rings. The first-order valence-electron chi connectivity index (χ1n) is 11.3. The van der Waals surface area contributed by atoms with Crippen LogP contribution in [0.1, 0.15) is 75.4 Å². The predicted molar refractivity (Wildman–Crippen MR) is 130 cm³/mol. The molecule has 0 fully saturated rings. The number of carbonyl (C=O) groups excluding carboxylic acids is 1. The molecule has 2 atom stereocenters. The normalized spacial score (nSPS) is 16.1. The van der Waals surface area contributed by atoms with Gasteiger partial charge in [-0.15, -0.1) is 0 Å². The Morgan fingerprint density at radius 3 is 2.44 bits per heavy atom. The van der Waals surface area contributed by atoms with Crippen LogP contribution in [0.25, 0.3) is 0 Å². The maximum Gasteiger partial charge on any atom is 0.414 e. The number of anilines is 1. The van der Waals surface area contributed by atoms with Gasteiger partial charge in [0, 0.05) is 12.1 Å². The highest BCUT2D eigenvalue weighted by molar-refractivity contribution is 7.60. The zero-order valence-corrected chi connectivity index (χ0v) is 20.9. The number of nitrogens with zero attached hydrogens (tertiary/aromatic N) is 1. The fourth-order valence-corrected chi connectivity index (χ4v) is 3.99. The van der Waals surface area contributed by atoms with Gasteiger partial charge in [-0.3, -0.25) is 4.90 Å². The number of aliphatic hydroxyl groups is 1. The zero-order valence-electron chi connectivity index (χ0n) is 20.1. The molecule has 0 saturated heterocycles. The molecule has 0 aliphatic carbocycles. The number of para-hydroxylation sites is 1. The quantitative estimate of drug-likeness (QED) is 0.438. The van der Waals surface area contributed by atoms with E-state index in [0.29, 0.717) is 13.0 Å². The van der Waals surface area contributed by atoms with Crippen LogP contribution in [0, 0.1) is 17.1 Å². The predicted octanol–water partition coefficient (Wildman–Crippen LogP) is 5.67. The average Bonchev–Trinajstić information content (AvgIpc) is 2.78. The lowest BCUT2D eigenvalue weighted by Gasteiger charge is -2.35. The second-order valence-electron chi connectivity index (χ2n) is 9.24. The average molecular weight is 491 g/mol. The molecule has 3 rings (SSSR count). The number of hydrogen-bond acceptors (Lipinski definition) is 7. The number of rotatable bonds is 8. The van der Waals surface area contributed by atoms with Gasteiger partial charge in [0.25, 0.3) is 0 Å². The number of aliphatic hydroxyl groups excluding tert-OH is 1. The van der Waals surface area contributed by atoms with Crippen LogP contribution in [0.3, 0.4) is 0 Å². The van der Waals surface area contributed by atoms with Crippen molar-refractivity contribution in [2.45, 2.75) is 65.6 Å². The van der Waals surface area contributed by atoms with E-state index >= 15 is 0 Å². The van der Waals surface area contributed by atoms with Gasteiger partial charge >= 0.3 is 16.6 Å². The van der Waals surface area contributed by atoms with Crippen molar-refractivity contribution in [1.29, 1.82) is 4.78 Å². The number of carbonyl (C=O) groups is 1. The third-order valence-electron chi connectivity index (χ3n) is 6.12. The highest BCUT2D eigenvalue weighted by atomic mass is 32.2. The second-order valence-corrected chi connectivity index (χ2v) is 9.71. The van der Waals surface area contributed by atoms with Crippen molar-refractivity contribution < 1.29 is 28.2 Å². The number of benzene rings is 2. The van der Waals surface area contributed by atoms with Crippen molar-refractivity contribution in [3.63, 3.8) is 0 Å². The van der Waals surface area contributed by atoms with Crippen molar-refractivity contribution in [3.8, 4) is 5.75 Å².